The zero-order chi connectivity index (χ0) is 12.3. The molecule has 0 aromatic carbocycles. The van der Waals surface area contributed by atoms with E-state index in [2.05, 4.69) is 52.6 Å². The van der Waals surface area contributed by atoms with Crippen LogP contribution in [0.2, 0.25) is 0 Å². The van der Waals surface area contributed by atoms with Crippen molar-refractivity contribution in [2.24, 2.45) is 5.92 Å². The van der Waals surface area contributed by atoms with Crippen LogP contribution in [0.15, 0.2) is 8.96 Å². The summed E-state index contributed by atoms with van der Waals surface area (Å²) >= 11 is 7.01. The van der Waals surface area contributed by atoms with E-state index in [-0.39, 0.29) is 11.9 Å². The quantitative estimate of drug-likeness (QED) is 0.735. The van der Waals surface area contributed by atoms with Gasteiger partial charge in [-0.15, -0.1) is 0 Å². The van der Waals surface area contributed by atoms with Crippen molar-refractivity contribution < 1.29 is 9.47 Å². The average molecular weight is 356 g/mol. The normalized spacial score (nSPS) is 30.2. The van der Waals surface area contributed by atoms with Gasteiger partial charge < -0.3 is 9.47 Å². The molecule has 2 atom stereocenters. The first kappa shape index (κ1) is 14.7. The molecule has 0 saturated carbocycles. The third kappa shape index (κ3) is 3.56. The van der Waals surface area contributed by atoms with Crippen molar-refractivity contribution in [3.63, 3.8) is 0 Å². The molecule has 0 aromatic heterocycles. The molecule has 4 heteroatoms. The third-order valence-electron chi connectivity index (χ3n) is 2.78. The standard InChI is InChI=1S/C12H20Br2O2/c1-5-15-10-6-9(11(13)14)12(4,16-10)7-8(2)3/h8,10H,5-7H2,1-4H3. The van der Waals surface area contributed by atoms with Crippen LogP contribution >= 0.6 is 31.9 Å². The van der Waals surface area contributed by atoms with Crippen LogP contribution in [0.25, 0.3) is 0 Å². The molecule has 0 spiro atoms. The first-order valence-electron chi connectivity index (χ1n) is 5.73. The van der Waals surface area contributed by atoms with Crippen LogP contribution in [-0.4, -0.2) is 18.5 Å². The van der Waals surface area contributed by atoms with E-state index in [9.17, 15) is 0 Å². The Hall–Kier alpha value is 0.620. The van der Waals surface area contributed by atoms with Crippen LogP contribution in [0.4, 0.5) is 0 Å². The molecule has 1 aliphatic heterocycles. The number of rotatable bonds is 4. The lowest BCUT2D eigenvalue weighted by molar-refractivity contribution is -0.161. The highest BCUT2D eigenvalue weighted by atomic mass is 79.9. The SMILES string of the molecule is CCOC1CC(=C(Br)Br)C(C)(CC(C)C)O1. The Balaban J connectivity index is 2.85. The van der Waals surface area contributed by atoms with E-state index in [0.717, 1.165) is 16.2 Å². The summed E-state index contributed by atoms with van der Waals surface area (Å²) in [5, 5.41) is 0. The van der Waals surface area contributed by atoms with Crippen molar-refractivity contribution in [2.75, 3.05) is 6.61 Å². The van der Waals surface area contributed by atoms with Crippen LogP contribution in [0, 0.1) is 5.92 Å². The Bertz CT molecular complexity index is 272. The number of halogens is 2. The monoisotopic (exact) mass is 354 g/mol. The number of hydrogen-bond donors (Lipinski definition) is 0. The largest absolute Gasteiger partial charge is 0.353 e. The lowest BCUT2D eigenvalue weighted by atomic mass is 9.88. The van der Waals surface area contributed by atoms with Gasteiger partial charge in [-0.1, -0.05) is 13.8 Å². The molecule has 0 bridgehead atoms. The fourth-order valence-corrected chi connectivity index (χ4v) is 3.45. The molecule has 1 saturated heterocycles. The van der Waals surface area contributed by atoms with Crippen LogP contribution in [-0.2, 0) is 9.47 Å². The third-order valence-corrected chi connectivity index (χ3v) is 3.74. The van der Waals surface area contributed by atoms with Gasteiger partial charge in [0.25, 0.3) is 0 Å². The maximum atomic E-state index is 6.03. The molecule has 1 rings (SSSR count). The van der Waals surface area contributed by atoms with Crippen molar-refractivity contribution in [1.29, 1.82) is 0 Å². The maximum absolute atomic E-state index is 6.03. The number of hydrogen-bond acceptors (Lipinski definition) is 2. The molecule has 2 unspecified atom stereocenters. The minimum absolute atomic E-state index is 0.103. The zero-order valence-corrected chi connectivity index (χ0v) is 13.5. The van der Waals surface area contributed by atoms with Crippen LogP contribution in [0.3, 0.4) is 0 Å². The van der Waals surface area contributed by atoms with Gasteiger partial charge in [-0.05, 0) is 63.6 Å². The van der Waals surface area contributed by atoms with Crippen LogP contribution < -0.4 is 0 Å². The predicted molar refractivity (Wildman–Crippen MR) is 73.9 cm³/mol. The molecule has 0 N–H and O–H groups in total. The van der Waals surface area contributed by atoms with Crippen LogP contribution in [0.5, 0.6) is 0 Å². The molecule has 0 aliphatic carbocycles. The molecule has 16 heavy (non-hydrogen) atoms. The van der Waals surface area contributed by atoms with Crippen molar-refractivity contribution in [2.45, 2.75) is 52.4 Å². The van der Waals surface area contributed by atoms with E-state index >= 15 is 0 Å². The Labute approximate surface area is 115 Å². The molecule has 1 aliphatic rings. The van der Waals surface area contributed by atoms with E-state index in [1.54, 1.807) is 0 Å². The smallest absolute Gasteiger partial charge is 0.162 e. The summed E-state index contributed by atoms with van der Waals surface area (Å²) in [5.41, 5.74) is 1.05. The van der Waals surface area contributed by atoms with Gasteiger partial charge in [0.15, 0.2) is 6.29 Å². The highest BCUT2D eigenvalue weighted by Crippen LogP contribution is 2.44. The van der Waals surface area contributed by atoms with Gasteiger partial charge in [-0.2, -0.15) is 0 Å². The van der Waals surface area contributed by atoms with E-state index in [1.165, 1.54) is 5.57 Å². The summed E-state index contributed by atoms with van der Waals surface area (Å²) in [5.74, 6) is 0.597. The average Bonchev–Trinajstić information content (AvgIpc) is 2.41. The van der Waals surface area contributed by atoms with Crippen molar-refractivity contribution in [1.82, 2.24) is 0 Å². The van der Waals surface area contributed by atoms with Crippen molar-refractivity contribution in [3.05, 3.63) is 8.96 Å². The van der Waals surface area contributed by atoms with Gasteiger partial charge in [0.2, 0.25) is 0 Å². The molecule has 1 heterocycles. The summed E-state index contributed by atoms with van der Waals surface area (Å²) in [6.45, 7) is 9.25. The summed E-state index contributed by atoms with van der Waals surface area (Å²) in [6.07, 6.45) is 1.74. The highest BCUT2D eigenvalue weighted by Gasteiger charge is 2.42. The minimum Gasteiger partial charge on any atom is -0.353 e. The zero-order valence-electron chi connectivity index (χ0n) is 10.3. The molecule has 1 fully saturated rings. The fourth-order valence-electron chi connectivity index (χ4n) is 2.29. The second kappa shape index (κ2) is 5.98. The second-order valence-corrected chi connectivity index (χ2v) is 7.42. The lowest BCUT2D eigenvalue weighted by Crippen LogP contribution is -2.29. The molecule has 0 radical (unpaired) electrons. The van der Waals surface area contributed by atoms with Crippen LogP contribution in [0.1, 0.15) is 40.5 Å². The van der Waals surface area contributed by atoms with E-state index in [4.69, 9.17) is 9.47 Å². The molecular formula is C12H20Br2O2. The Morgan fingerprint density at radius 3 is 2.62 bits per heavy atom. The molecule has 0 amide bonds. The van der Waals surface area contributed by atoms with Gasteiger partial charge in [0.05, 0.1) is 8.99 Å². The summed E-state index contributed by atoms with van der Waals surface area (Å²) in [6, 6.07) is 0. The lowest BCUT2D eigenvalue weighted by Gasteiger charge is -2.28. The summed E-state index contributed by atoms with van der Waals surface area (Å²) < 4.78 is 12.6. The Kier molecular flexibility index (Phi) is 5.49. The first-order chi connectivity index (χ1) is 7.39. The maximum Gasteiger partial charge on any atom is 0.162 e. The molecule has 0 aromatic rings. The summed E-state index contributed by atoms with van der Waals surface area (Å²) in [4.78, 5) is 0. The minimum atomic E-state index is -0.212. The van der Waals surface area contributed by atoms with Gasteiger partial charge in [-0.3, -0.25) is 0 Å². The Morgan fingerprint density at radius 2 is 2.19 bits per heavy atom. The van der Waals surface area contributed by atoms with Crippen molar-refractivity contribution in [3.8, 4) is 0 Å². The van der Waals surface area contributed by atoms with Gasteiger partial charge >= 0.3 is 0 Å². The topological polar surface area (TPSA) is 18.5 Å². The Morgan fingerprint density at radius 1 is 1.56 bits per heavy atom. The first-order valence-corrected chi connectivity index (χ1v) is 7.31. The van der Waals surface area contributed by atoms with Gasteiger partial charge in [0.1, 0.15) is 0 Å². The van der Waals surface area contributed by atoms with Gasteiger partial charge in [0, 0.05) is 13.0 Å². The molecule has 2 nitrogen and oxygen atoms in total. The number of ether oxygens (including phenoxy) is 2. The summed E-state index contributed by atoms with van der Waals surface area (Å²) in [7, 11) is 0. The molecular weight excluding hydrogens is 336 g/mol. The molecule has 94 valence electrons. The predicted octanol–water partition coefficient (Wildman–Crippen LogP) is 4.58. The van der Waals surface area contributed by atoms with Gasteiger partial charge in [-0.25, -0.2) is 0 Å². The van der Waals surface area contributed by atoms with E-state index in [1.807, 2.05) is 6.92 Å². The highest BCUT2D eigenvalue weighted by molar-refractivity contribution is 9.28. The fraction of sp³-hybridized carbons (Fsp3) is 0.833. The second-order valence-electron chi connectivity index (χ2n) is 4.77. The van der Waals surface area contributed by atoms with Crippen molar-refractivity contribution >= 4 is 31.9 Å². The van der Waals surface area contributed by atoms with E-state index < -0.39 is 0 Å². The van der Waals surface area contributed by atoms with E-state index in [0.29, 0.717) is 12.5 Å².